The van der Waals surface area contributed by atoms with Crippen LogP contribution in [0.2, 0.25) is 0 Å². The van der Waals surface area contributed by atoms with Gasteiger partial charge in [0.2, 0.25) is 5.91 Å². The first-order valence-corrected chi connectivity index (χ1v) is 8.15. The van der Waals surface area contributed by atoms with E-state index in [0.29, 0.717) is 37.3 Å². The SMILES string of the molecule is NC(=O)[C@H](NC[C@@H]1CCc2nc(C(F)(F)F)cn2C1)c1ccc(F)cc1. The van der Waals surface area contributed by atoms with Gasteiger partial charge in [0, 0.05) is 25.7 Å². The van der Waals surface area contributed by atoms with E-state index in [9.17, 15) is 22.4 Å². The molecule has 2 atom stereocenters. The van der Waals surface area contributed by atoms with Crippen molar-refractivity contribution < 1.29 is 22.4 Å². The first kappa shape index (κ1) is 18.4. The number of hydrogen-bond donors (Lipinski definition) is 2. The molecule has 5 nitrogen and oxygen atoms in total. The summed E-state index contributed by atoms with van der Waals surface area (Å²) in [6.07, 6.45) is -2.36. The molecule has 3 N–H and O–H groups in total. The molecule has 0 fully saturated rings. The zero-order chi connectivity index (χ0) is 18.9. The van der Waals surface area contributed by atoms with Crippen LogP contribution in [0.15, 0.2) is 30.5 Å². The molecule has 0 unspecified atom stereocenters. The fourth-order valence-corrected chi connectivity index (χ4v) is 3.14. The highest BCUT2D eigenvalue weighted by Crippen LogP contribution is 2.30. The van der Waals surface area contributed by atoms with Crippen molar-refractivity contribution in [3.05, 3.63) is 53.4 Å². The zero-order valence-corrected chi connectivity index (χ0v) is 13.8. The number of rotatable bonds is 5. The molecule has 1 aliphatic rings. The maximum atomic E-state index is 13.0. The van der Waals surface area contributed by atoms with Crippen LogP contribution in [-0.4, -0.2) is 22.0 Å². The molecule has 0 saturated heterocycles. The van der Waals surface area contributed by atoms with Crippen LogP contribution in [0.5, 0.6) is 0 Å². The summed E-state index contributed by atoms with van der Waals surface area (Å²) in [4.78, 5) is 15.3. The number of carbonyl (C=O) groups excluding carboxylic acids is 1. The number of alkyl halides is 3. The zero-order valence-electron chi connectivity index (χ0n) is 13.8. The molecule has 9 heteroatoms. The van der Waals surface area contributed by atoms with Gasteiger partial charge in [-0.05, 0) is 30.0 Å². The number of hydrogen-bond acceptors (Lipinski definition) is 3. The number of aryl methyl sites for hydroxylation is 1. The summed E-state index contributed by atoms with van der Waals surface area (Å²) < 4.78 is 52.8. The second-order valence-electron chi connectivity index (χ2n) is 6.39. The predicted octanol–water partition coefficient (Wildman–Crippen LogP) is 2.42. The number of amides is 1. The number of imidazole rings is 1. The topological polar surface area (TPSA) is 72.9 Å². The normalized spacial score (nSPS) is 18.4. The van der Waals surface area contributed by atoms with Crippen LogP contribution in [-0.2, 0) is 23.9 Å². The third kappa shape index (κ3) is 4.04. The van der Waals surface area contributed by atoms with Gasteiger partial charge >= 0.3 is 6.18 Å². The second-order valence-corrected chi connectivity index (χ2v) is 6.39. The number of carbonyl (C=O) groups is 1. The Morgan fingerprint density at radius 1 is 1.35 bits per heavy atom. The fourth-order valence-electron chi connectivity index (χ4n) is 3.14. The van der Waals surface area contributed by atoms with Crippen molar-refractivity contribution in [3.8, 4) is 0 Å². The average Bonchev–Trinajstić information content (AvgIpc) is 3.00. The Balaban J connectivity index is 1.65. The third-order valence-corrected chi connectivity index (χ3v) is 4.48. The van der Waals surface area contributed by atoms with Crippen LogP contribution >= 0.6 is 0 Å². The molecule has 0 saturated carbocycles. The van der Waals surface area contributed by atoms with Gasteiger partial charge < -0.3 is 15.6 Å². The van der Waals surface area contributed by atoms with Gasteiger partial charge in [0.15, 0.2) is 5.69 Å². The Morgan fingerprint density at radius 3 is 2.65 bits per heavy atom. The molecule has 0 bridgehead atoms. The largest absolute Gasteiger partial charge is 0.434 e. The van der Waals surface area contributed by atoms with E-state index in [1.165, 1.54) is 28.8 Å². The van der Waals surface area contributed by atoms with Crippen LogP contribution in [0, 0.1) is 11.7 Å². The molecule has 2 aromatic rings. The van der Waals surface area contributed by atoms with Gasteiger partial charge in [-0.25, -0.2) is 9.37 Å². The van der Waals surface area contributed by atoms with Crippen LogP contribution in [0.1, 0.15) is 29.5 Å². The molecule has 1 aromatic heterocycles. The summed E-state index contributed by atoms with van der Waals surface area (Å²) in [5.41, 5.74) is 5.07. The molecule has 0 radical (unpaired) electrons. The minimum absolute atomic E-state index is 0.0279. The lowest BCUT2D eigenvalue weighted by molar-refractivity contribution is -0.141. The van der Waals surface area contributed by atoms with E-state index in [1.54, 1.807) is 0 Å². The van der Waals surface area contributed by atoms with Gasteiger partial charge in [0.25, 0.3) is 0 Å². The Morgan fingerprint density at radius 2 is 2.04 bits per heavy atom. The van der Waals surface area contributed by atoms with Gasteiger partial charge in [0.1, 0.15) is 17.7 Å². The Hall–Kier alpha value is -2.42. The minimum Gasteiger partial charge on any atom is -0.368 e. The summed E-state index contributed by atoms with van der Waals surface area (Å²) in [7, 11) is 0. The maximum absolute atomic E-state index is 13.0. The van der Waals surface area contributed by atoms with Crippen LogP contribution in [0.3, 0.4) is 0 Å². The number of nitrogens with zero attached hydrogens (tertiary/aromatic N) is 2. The van der Waals surface area contributed by atoms with Gasteiger partial charge in [-0.2, -0.15) is 13.2 Å². The number of benzene rings is 1. The van der Waals surface area contributed by atoms with Crippen molar-refractivity contribution in [1.82, 2.24) is 14.9 Å². The summed E-state index contributed by atoms with van der Waals surface area (Å²) in [5.74, 6) is -0.578. The lowest BCUT2D eigenvalue weighted by atomic mass is 9.98. The van der Waals surface area contributed by atoms with E-state index < -0.39 is 29.6 Å². The number of aromatic nitrogens is 2. The number of primary amides is 1. The molecule has 3 rings (SSSR count). The average molecular weight is 370 g/mol. The summed E-state index contributed by atoms with van der Waals surface area (Å²) in [5, 5.41) is 3.04. The molecule has 1 aromatic carbocycles. The lowest BCUT2D eigenvalue weighted by Crippen LogP contribution is -2.38. The van der Waals surface area contributed by atoms with Crippen molar-refractivity contribution in [1.29, 1.82) is 0 Å². The Labute approximate surface area is 147 Å². The molecule has 1 amide bonds. The highest BCUT2D eigenvalue weighted by molar-refractivity contribution is 5.81. The molecule has 140 valence electrons. The smallest absolute Gasteiger partial charge is 0.368 e. The highest BCUT2D eigenvalue weighted by Gasteiger charge is 2.35. The van der Waals surface area contributed by atoms with E-state index in [2.05, 4.69) is 10.3 Å². The first-order valence-electron chi connectivity index (χ1n) is 8.15. The molecule has 0 aliphatic carbocycles. The van der Waals surface area contributed by atoms with Crippen molar-refractivity contribution in [2.24, 2.45) is 11.7 Å². The van der Waals surface area contributed by atoms with Gasteiger partial charge in [0.05, 0.1) is 0 Å². The molecule has 0 spiro atoms. The van der Waals surface area contributed by atoms with Crippen molar-refractivity contribution in [2.75, 3.05) is 6.54 Å². The van der Waals surface area contributed by atoms with Gasteiger partial charge in [-0.3, -0.25) is 4.79 Å². The standard InChI is InChI=1S/C17H18F4N4O/c18-12-4-2-11(3-5-12)15(16(22)26)23-7-10-1-6-14-24-13(17(19,20)21)9-25(14)8-10/h2-5,9-10,15,23H,1,6-8H2,(H2,22,26)/t10-,15+/m0/s1. The monoisotopic (exact) mass is 370 g/mol. The molecular formula is C17H18F4N4O. The predicted molar refractivity (Wildman–Crippen MR) is 85.4 cm³/mol. The highest BCUT2D eigenvalue weighted by atomic mass is 19.4. The molecule has 2 heterocycles. The Bertz CT molecular complexity index is 785. The maximum Gasteiger partial charge on any atom is 0.434 e. The van der Waals surface area contributed by atoms with E-state index in [1.807, 2.05) is 0 Å². The van der Waals surface area contributed by atoms with Crippen molar-refractivity contribution in [3.63, 3.8) is 0 Å². The second kappa shape index (κ2) is 7.06. The van der Waals surface area contributed by atoms with Crippen LogP contribution in [0.4, 0.5) is 17.6 Å². The summed E-state index contributed by atoms with van der Waals surface area (Å²) in [6.45, 7) is 0.768. The number of nitrogens with two attached hydrogens (primary N) is 1. The number of fused-ring (bicyclic) bond motifs is 1. The molecule has 1 aliphatic heterocycles. The summed E-state index contributed by atoms with van der Waals surface area (Å²) in [6, 6.07) is 4.64. The lowest BCUT2D eigenvalue weighted by Gasteiger charge is -2.26. The van der Waals surface area contributed by atoms with Gasteiger partial charge in [-0.1, -0.05) is 12.1 Å². The van der Waals surface area contributed by atoms with Gasteiger partial charge in [-0.15, -0.1) is 0 Å². The van der Waals surface area contributed by atoms with Crippen LogP contribution in [0.25, 0.3) is 0 Å². The quantitative estimate of drug-likeness (QED) is 0.794. The minimum atomic E-state index is -4.46. The fraction of sp³-hybridized carbons (Fsp3) is 0.412. The van der Waals surface area contributed by atoms with E-state index in [0.717, 1.165) is 6.20 Å². The van der Waals surface area contributed by atoms with Crippen molar-refractivity contribution in [2.45, 2.75) is 31.6 Å². The molecular weight excluding hydrogens is 352 g/mol. The van der Waals surface area contributed by atoms with Crippen LogP contribution < -0.4 is 11.1 Å². The summed E-state index contributed by atoms with van der Waals surface area (Å²) >= 11 is 0. The van der Waals surface area contributed by atoms with E-state index >= 15 is 0 Å². The number of nitrogens with one attached hydrogen (secondary N) is 1. The molecule has 26 heavy (non-hydrogen) atoms. The number of halogens is 4. The van der Waals surface area contributed by atoms with E-state index in [-0.39, 0.29) is 5.92 Å². The van der Waals surface area contributed by atoms with Crippen molar-refractivity contribution >= 4 is 5.91 Å². The first-order chi connectivity index (χ1) is 12.2. The Kier molecular flexibility index (Phi) is 4.99. The third-order valence-electron chi connectivity index (χ3n) is 4.48. The van der Waals surface area contributed by atoms with E-state index in [4.69, 9.17) is 5.73 Å².